The summed E-state index contributed by atoms with van der Waals surface area (Å²) in [5, 5.41) is 1.39. The molecule has 2 nitrogen and oxygen atoms in total. The van der Waals surface area contributed by atoms with Crippen LogP contribution in [0, 0.1) is 0 Å². The molecule has 0 saturated heterocycles. The molecule has 2 aromatic rings. The Morgan fingerprint density at radius 2 is 1.93 bits per heavy atom. The number of aryl methyl sites for hydroxylation is 2. The molecule has 0 aliphatic rings. The van der Waals surface area contributed by atoms with Crippen LogP contribution in [0.3, 0.4) is 0 Å². The molecule has 2 rings (SSSR count). The van der Waals surface area contributed by atoms with E-state index < -0.39 is 0 Å². The van der Waals surface area contributed by atoms with Crippen LogP contribution >= 0.6 is 23.1 Å². The van der Waals surface area contributed by atoms with Crippen molar-refractivity contribution in [3.05, 3.63) is 46.2 Å². The average Bonchev–Trinajstić information content (AvgIpc) is 2.66. The predicted octanol–water partition coefficient (Wildman–Crippen LogP) is 3.37. The highest BCUT2D eigenvalue weighted by Crippen LogP contribution is 2.12. The van der Waals surface area contributed by atoms with Gasteiger partial charge >= 0.3 is 0 Å². The molecule has 1 heterocycles. The molecule has 0 atom stereocenters. The maximum Gasteiger partial charge on any atom is 0.234 e. The van der Waals surface area contributed by atoms with Crippen LogP contribution in [0.5, 0.6) is 0 Å². The van der Waals surface area contributed by atoms with Gasteiger partial charge in [0.1, 0.15) is 5.01 Å². The molecule has 0 radical (unpaired) electrons. The van der Waals surface area contributed by atoms with Crippen molar-refractivity contribution in [2.75, 3.05) is 0 Å². The molecule has 0 bridgehead atoms. The molecule has 0 aliphatic heterocycles. The fraction of sp³-hybridized carbons (Fsp3) is 0.273. The second-order valence-electron chi connectivity index (χ2n) is 3.30. The SMILES string of the molecule is Clc1nsc(CCCc2ccccc2)n1. The van der Waals surface area contributed by atoms with Crippen molar-refractivity contribution in [2.24, 2.45) is 0 Å². The van der Waals surface area contributed by atoms with E-state index in [1.54, 1.807) is 0 Å². The fourth-order valence-corrected chi connectivity index (χ4v) is 2.26. The van der Waals surface area contributed by atoms with Gasteiger partial charge in [-0.1, -0.05) is 30.3 Å². The molecule has 1 aromatic heterocycles. The Hall–Kier alpha value is -0.930. The fourth-order valence-electron chi connectivity index (χ4n) is 1.42. The van der Waals surface area contributed by atoms with Crippen LogP contribution in [0.25, 0.3) is 0 Å². The summed E-state index contributed by atoms with van der Waals surface area (Å²) in [5.41, 5.74) is 1.37. The lowest BCUT2D eigenvalue weighted by atomic mass is 10.1. The van der Waals surface area contributed by atoms with Crippen LogP contribution in [0.1, 0.15) is 17.0 Å². The molecule has 0 fully saturated rings. The highest BCUT2D eigenvalue weighted by Gasteiger charge is 2.01. The minimum atomic E-state index is 0.370. The molecule has 0 spiro atoms. The van der Waals surface area contributed by atoms with Crippen LogP contribution in [-0.2, 0) is 12.8 Å². The third kappa shape index (κ3) is 3.29. The molecule has 15 heavy (non-hydrogen) atoms. The Bertz CT molecular complexity index is 414. The Labute approximate surface area is 98.1 Å². The topological polar surface area (TPSA) is 25.8 Å². The van der Waals surface area contributed by atoms with Crippen LogP contribution in [-0.4, -0.2) is 9.36 Å². The van der Waals surface area contributed by atoms with Crippen LogP contribution in [0.15, 0.2) is 30.3 Å². The first-order chi connectivity index (χ1) is 7.34. The van der Waals surface area contributed by atoms with Crippen LogP contribution in [0.4, 0.5) is 0 Å². The quantitative estimate of drug-likeness (QED) is 0.816. The summed E-state index contributed by atoms with van der Waals surface area (Å²) < 4.78 is 3.94. The van der Waals surface area contributed by atoms with E-state index in [0.29, 0.717) is 5.28 Å². The molecule has 0 N–H and O–H groups in total. The summed E-state index contributed by atoms with van der Waals surface area (Å²) in [4.78, 5) is 4.11. The van der Waals surface area contributed by atoms with Crippen molar-refractivity contribution in [3.8, 4) is 0 Å². The third-order valence-corrected chi connectivity index (χ3v) is 3.18. The Morgan fingerprint density at radius 1 is 1.13 bits per heavy atom. The van der Waals surface area contributed by atoms with E-state index in [9.17, 15) is 0 Å². The van der Waals surface area contributed by atoms with E-state index in [4.69, 9.17) is 11.6 Å². The highest BCUT2D eigenvalue weighted by molar-refractivity contribution is 7.05. The minimum Gasteiger partial charge on any atom is -0.210 e. The van der Waals surface area contributed by atoms with Crippen molar-refractivity contribution in [2.45, 2.75) is 19.3 Å². The van der Waals surface area contributed by atoms with Crippen molar-refractivity contribution in [3.63, 3.8) is 0 Å². The third-order valence-electron chi connectivity index (χ3n) is 2.14. The molecule has 1 aromatic carbocycles. The van der Waals surface area contributed by atoms with E-state index in [1.165, 1.54) is 17.1 Å². The summed E-state index contributed by atoms with van der Waals surface area (Å²) in [5.74, 6) is 0. The molecule has 0 unspecified atom stereocenters. The highest BCUT2D eigenvalue weighted by atomic mass is 35.5. The number of halogens is 1. The van der Waals surface area contributed by atoms with Gasteiger partial charge in [0, 0.05) is 6.42 Å². The Morgan fingerprint density at radius 3 is 2.60 bits per heavy atom. The molecule has 0 saturated carbocycles. The summed E-state index contributed by atoms with van der Waals surface area (Å²) in [6.07, 6.45) is 3.13. The largest absolute Gasteiger partial charge is 0.234 e. The summed E-state index contributed by atoms with van der Waals surface area (Å²) in [6.45, 7) is 0. The lowest BCUT2D eigenvalue weighted by Crippen LogP contribution is -1.88. The number of nitrogens with zero attached hydrogens (tertiary/aromatic N) is 2. The Balaban J connectivity index is 1.80. The van der Waals surface area contributed by atoms with Gasteiger partial charge in [0.25, 0.3) is 0 Å². The first-order valence-electron chi connectivity index (χ1n) is 4.86. The van der Waals surface area contributed by atoms with E-state index >= 15 is 0 Å². The number of hydrogen-bond acceptors (Lipinski definition) is 3. The lowest BCUT2D eigenvalue weighted by molar-refractivity contribution is 0.814. The molecule has 0 aliphatic carbocycles. The van der Waals surface area contributed by atoms with Gasteiger partial charge in [-0.3, -0.25) is 0 Å². The van der Waals surface area contributed by atoms with Gasteiger partial charge < -0.3 is 0 Å². The van der Waals surface area contributed by atoms with E-state index in [2.05, 4.69) is 33.6 Å². The number of aromatic nitrogens is 2. The van der Waals surface area contributed by atoms with Crippen LogP contribution < -0.4 is 0 Å². The number of benzene rings is 1. The summed E-state index contributed by atoms with van der Waals surface area (Å²) in [7, 11) is 0. The van der Waals surface area contributed by atoms with Gasteiger partial charge in [-0.2, -0.15) is 4.37 Å². The number of rotatable bonds is 4. The molecular weight excluding hydrogens is 228 g/mol. The predicted molar refractivity (Wildman–Crippen MR) is 63.4 cm³/mol. The average molecular weight is 239 g/mol. The Kier molecular flexibility index (Phi) is 3.69. The minimum absolute atomic E-state index is 0.370. The first kappa shape index (κ1) is 10.6. The van der Waals surface area contributed by atoms with Crippen molar-refractivity contribution in [1.82, 2.24) is 9.36 Å². The monoisotopic (exact) mass is 238 g/mol. The van der Waals surface area contributed by atoms with Crippen molar-refractivity contribution in [1.29, 1.82) is 0 Å². The zero-order chi connectivity index (χ0) is 10.5. The van der Waals surface area contributed by atoms with Crippen molar-refractivity contribution >= 4 is 23.1 Å². The van der Waals surface area contributed by atoms with Crippen molar-refractivity contribution < 1.29 is 0 Å². The molecule has 78 valence electrons. The molecular formula is C11H11ClN2S. The first-order valence-corrected chi connectivity index (χ1v) is 6.02. The standard InChI is InChI=1S/C11H11ClN2S/c12-11-13-10(15-14-11)8-4-7-9-5-2-1-3-6-9/h1-3,5-6H,4,7-8H2. The van der Waals surface area contributed by atoms with Gasteiger partial charge in [0.2, 0.25) is 5.28 Å². The van der Waals surface area contributed by atoms with E-state index in [1.807, 2.05) is 6.07 Å². The smallest absolute Gasteiger partial charge is 0.210 e. The zero-order valence-corrected chi connectivity index (χ0v) is 9.76. The molecule has 4 heteroatoms. The number of hydrogen-bond donors (Lipinski definition) is 0. The molecule has 0 amide bonds. The normalized spacial score (nSPS) is 10.5. The second-order valence-corrected chi connectivity index (χ2v) is 4.47. The maximum atomic E-state index is 5.64. The zero-order valence-electron chi connectivity index (χ0n) is 8.19. The summed E-state index contributed by atoms with van der Waals surface area (Å²) >= 11 is 7.04. The van der Waals surface area contributed by atoms with E-state index in [-0.39, 0.29) is 0 Å². The maximum absolute atomic E-state index is 5.64. The summed E-state index contributed by atoms with van der Waals surface area (Å²) in [6, 6.07) is 10.5. The van der Waals surface area contributed by atoms with Gasteiger partial charge in [0.15, 0.2) is 0 Å². The van der Waals surface area contributed by atoms with Gasteiger partial charge in [-0.25, -0.2) is 4.98 Å². The lowest BCUT2D eigenvalue weighted by Gasteiger charge is -1.98. The second kappa shape index (κ2) is 5.24. The van der Waals surface area contributed by atoms with Gasteiger partial charge in [-0.05, 0) is 41.5 Å². The van der Waals surface area contributed by atoms with Gasteiger partial charge in [0.05, 0.1) is 0 Å². The van der Waals surface area contributed by atoms with Gasteiger partial charge in [-0.15, -0.1) is 0 Å². The van der Waals surface area contributed by atoms with Crippen LogP contribution in [0.2, 0.25) is 5.28 Å². The van der Waals surface area contributed by atoms with E-state index in [0.717, 1.165) is 24.3 Å².